The normalized spacial score (nSPS) is 27.1. The lowest BCUT2D eigenvalue weighted by molar-refractivity contribution is -0.144. The molecule has 3 aliphatic carbocycles. The maximum absolute atomic E-state index is 14.4. The average Bonchev–Trinajstić information content (AvgIpc) is 3.25. The van der Waals surface area contributed by atoms with E-state index in [0.717, 1.165) is 61.9 Å². The van der Waals surface area contributed by atoms with Gasteiger partial charge in [0, 0.05) is 22.5 Å². The number of ether oxygens (including phenoxy) is 1. The fraction of sp³-hybridized carbons (Fsp3) is 0.455. The molecular formula is C33H36ClFN2O3. The number of rotatable bonds is 8. The van der Waals surface area contributed by atoms with Crippen LogP contribution in [0, 0.1) is 5.92 Å². The second-order valence-corrected chi connectivity index (χ2v) is 12.2. The molecule has 1 spiro atoms. The van der Waals surface area contributed by atoms with Crippen LogP contribution in [0.2, 0.25) is 5.02 Å². The van der Waals surface area contributed by atoms with Crippen LogP contribution in [0.1, 0.15) is 79.9 Å². The van der Waals surface area contributed by atoms with Crippen LogP contribution in [0.5, 0.6) is 5.75 Å². The predicted molar refractivity (Wildman–Crippen MR) is 155 cm³/mol. The Hall–Kier alpha value is -3.12. The van der Waals surface area contributed by atoms with Crippen molar-refractivity contribution in [2.24, 2.45) is 5.92 Å². The van der Waals surface area contributed by atoms with Gasteiger partial charge in [0.15, 0.2) is 0 Å². The van der Waals surface area contributed by atoms with Crippen molar-refractivity contribution >= 4 is 23.3 Å². The van der Waals surface area contributed by atoms with Crippen LogP contribution in [0.3, 0.4) is 0 Å². The van der Waals surface area contributed by atoms with Gasteiger partial charge in [-0.1, -0.05) is 41.9 Å². The lowest BCUT2D eigenvalue weighted by Crippen LogP contribution is -2.53. The zero-order valence-corrected chi connectivity index (χ0v) is 23.4. The molecule has 1 saturated carbocycles. The molecule has 5 nitrogen and oxygen atoms in total. The van der Waals surface area contributed by atoms with Crippen molar-refractivity contribution in [2.45, 2.75) is 81.3 Å². The molecule has 2 atom stereocenters. The molecule has 210 valence electrons. The van der Waals surface area contributed by atoms with E-state index in [4.69, 9.17) is 16.3 Å². The number of carboxylic acid groups (broad SMARTS) is 1. The quantitative estimate of drug-likeness (QED) is 0.273. The number of pyridine rings is 1. The number of fused-ring (bicyclic) bond motifs is 3. The van der Waals surface area contributed by atoms with Gasteiger partial charge in [-0.3, -0.25) is 4.98 Å². The van der Waals surface area contributed by atoms with Crippen LogP contribution < -0.4 is 10.1 Å². The van der Waals surface area contributed by atoms with Crippen LogP contribution in [0.4, 0.5) is 10.1 Å². The van der Waals surface area contributed by atoms with Crippen LogP contribution in [0.15, 0.2) is 60.8 Å². The summed E-state index contributed by atoms with van der Waals surface area (Å²) >= 11 is 6.18. The number of carbonyl (C=O) groups is 1. The molecule has 2 aromatic carbocycles. The molecule has 1 fully saturated rings. The fourth-order valence-electron chi connectivity index (χ4n) is 7.53. The number of anilines is 1. The molecule has 0 bridgehead atoms. The first kappa shape index (κ1) is 27.1. The highest BCUT2D eigenvalue weighted by Crippen LogP contribution is 2.55. The van der Waals surface area contributed by atoms with Gasteiger partial charge in [-0.15, -0.1) is 0 Å². The second kappa shape index (κ2) is 11.0. The minimum absolute atomic E-state index is 0.0389. The summed E-state index contributed by atoms with van der Waals surface area (Å²) < 4.78 is 20.6. The Bertz CT molecular complexity index is 1390. The number of alkyl halides is 1. The Morgan fingerprint density at radius 3 is 2.75 bits per heavy atom. The van der Waals surface area contributed by atoms with Crippen LogP contribution in [0.25, 0.3) is 0 Å². The molecule has 0 radical (unpaired) electrons. The number of hydrogen-bond donors (Lipinski definition) is 2. The van der Waals surface area contributed by atoms with E-state index in [1.54, 1.807) is 18.3 Å². The first-order valence-corrected chi connectivity index (χ1v) is 14.9. The van der Waals surface area contributed by atoms with E-state index in [-0.39, 0.29) is 5.41 Å². The van der Waals surface area contributed by atoms with Crippen molar-refractivity contribution in [3.05, 3.63) is 88.2 Å². The van der Waals surface area contributed by atoms with E-state index in [9.17, 15) is 14.3 Å². The first-order chi connectivity index (χ1) is 19.4. The summed E-state index contributed by atoms with van der Waals surface area (Å²) in [6.07, 6.45) is 8.43. The van der Waals surface area contributed by atoms with Gasteiger partial charge in [-0.05, 0) is 111 Å². The molecule has 6 rings (SSSR count). The van der Waals surface area contributed by atoms with Crippen molar-refractivity contribution in [2.75, 3.05) is 11.9 Å². The number of nitrogens with one attached hydrogen (secondary N) is 1. The van der Waals surface area contributed by atoms with Crippen molar-refractivity contribution < 1.29 is 19.0 Å². The molecule has 40 heavy (non-hydrogen) atoms. The van der Waals surface area contributed by atoms with Gasteiger partial charge >= 0.3 is 5.97 Å². The van der Waals surface area contributed by atoms with E-state index in [0.29, 0.717) is 42.5 Å². The average molecular weight is 563 g/mol. The highest BCUT2D eigenvalue weighted by Gasteiger charge is 2.53. The number of halogens is 2. The molecule has 7 heteroatoms. The van der Waals surface area contributed by atoms with Crippen LogP contribution in [-0.2, 0) is 23.1 Å². The number of aromatic nitrogens is 1. The molecule has 3 aliphatic rings. The molecule has 1 heterocycles. The minimum atomic E-state index is -1.02. The Kier molecular flexibility index (Phi) is 7.47. The summed E-state index contributed by atoms with van der Waals surface area (Å²) in [6, 6.07) is 17.9. The minimum Gasteiger partial charge on any atom is -0.493 e. The highest BCUT2D eigenvalue weighted by atomic mass is 35.5. The summed E-state index contributed by atoms with van der Waals surface area (Å²) in [6.45, 7) is 0.575. The summed E-state index contributed by atoms with van der Waals surface area (Å²) in [4.78, 5) is 16.9. The SMILES string of the molecule is O=C(O)C1(Nc2cccc(Cl)c2)CCC2(CC1)c1ccccc1CC2CCCOc1ccnc2c1CCCC2F. The number of nitrogens with zero attached hydrogens (tertiary/aromatic N) is 1. The van der Waals surface area contributed by atoms with Gasteiger partial charge in [0.25, 0.3) is 0 Å². The van der Waals surface area contributed by atoms with E-state index >= 15 is 0 Å². The lowest BCUT2D eigenvalue weighted by Gasteiger charge is -2.47. The van der Waals surface area contributed by atoms with Gasteiger partial charge in [0.1, 0.15) is 17.5 Å². The zero-order valence-electron chi connectivity index (χ0n) is 22.7. The van der Waals surface area contributed by atoms with Crippen LogP contribution in [-0.4, -0.2) is 28.2 Å². The number of benzene rings is 2. The standard InChI is InChI=1S/C33H36ClFN2O3/c34-24-8-3-9-25(21-24)37-33(31(38)39)16-14-32(15-17-33)23(20-22-6-1-2-11-27(22)32)7-5-19-40-29-13-18-36-30-26(29)10-4-12-28(30)35/h1-3,6,8-9,11,13,18,21,23,28,37H,4-5,7,10,12,14-17,19-20H2,(H,38,39). The molecule has 3 aromatic rings. The van der Waals surface area contributed by atoms with Gasteiger partial charge in [-0.25, -0.2) is 9.18 Å². The third kappa shape index (κ3) is 4.96. The van der Waals surface area contributed by atoms with Gasteiger partial charge in [-0.2, -0.15) is 0 Å². The topological polar surface area (TPSA) is 71.5 Å². The number of hydrogen-bond acceptors (Lipinski definition) is 4. The first-order valence-electron chi connectivity index (χ1n) is 14.5. The molecule has 2 unspecified atom stereocenters. The van der Waals surface area contributed by atoms with Crippen molar-refractivity contribution in [3.63, 3.8) is 0 Å². The van der Waals surface area contributed by atoms with Crippen molar-refractivity contribution in [1.82, 2.24) is 4.98 Å². The molecule has 0 amide bonds. The van der Waals surface area contributed by atoms with Gasteiger partial charge in [0.05, 0.1) is 12.3 Å². The number of carboxylic acids is 1. The van der Waals surface area contributed by atoms with Gasteiger partial charge < -0.3 is 15.2 Å². The molecule has 1 aromatic heterocycles. The summed E-state index contributed by atoms with van der Waals surface area (Å²) in [5.41, 5.74) is 3.93. The second-order valence-electron chi connectivity index (χ2n) is 11.8. The summed E-state index contributed by atoms with van der Waals surface area (Å²) in [7, 11) is 0. The van der Waals surface area contributed by atoms with Gasteiger partial charge in [0.2, 0.25) is 0 Å². The largest absolute Gasteiger partial charge is 0.493 e. The Morgan fingerprint density at radius 2 is 1.95 bits per heavy atom. The monoisotopic (exact) mass is 562 g/mol. The van der Waals surface area contributed by atoms with E-state index in [2.05, 4.69) is 34.6 Å². The van der Waals surface area contributed by atoms with Crippen LogP contribution >= 0.6 is 11.6 Å². The Morgan fingerprint density at radius 1 is 1.12 bits per heavy atom. The summed E-state index contributed by atoms with van der Waals surface area (Å²) in [5.74, 6) is 0.385. The van der Waals surface area contributed by atoms with E-state index < -0.39 is 17.7 Å². The van der Waals surface area contributed by atoms with Crippen molar-refractivity contribution in [3.8, 4) is 5.75 Å². The maximum atomic E-state index is 14.4. The predicted octanol–water partition coefficient (Wildman–Crippen LogP) is 7.86. The molecule has 2 N–H and O–H groups in total. The third-order valence-electron chi connectivity index (χ3n) is 9.60. The fourth-order valence-corrected chi connectivity index (χ4v) is 7.72. The van der Waals surface area contributed by atoms with Crippen molar-refractivity contribution in [1.29, 1.82) is 0 Å². The molecule has 0 aliphatic heterocycles. The van der Waals surface area contributed by atoms with E-state index in [1.807, 2.05) is 18.2 Å². The smallest absolute Gasteiger partial charge is 0.329 e. The highest BCUT2D eigenvalue weighted by molar-refractivity contribution is 6.30. The number of aliphatic carboxylic acids is 1. The third-order valence-corrected chi connectivity index (χ3v) is 9.83. The molecular weight excluding hydrogens is 527 g/mol. The molecule has 0 saturated heterocycles. The zero-order chi connectivity index (χ0) is 27.7. The Labute approximate surface area is 240 Å². The maximum Gasteiger partial charge on any atom is 0.329 e. The Balaban J connectivity index is 1.16. The summed E-state index contributed by atoms with van der Waals surface area (Å²) in [5, 5.41) is 14.3. The van der Waals surface area contributed by atoms with E-state index in [1.165, 1.54) is 11.1 Å². The lowest BCUT2D eigenvalue weighted by atomic mass is 9.60.